The molecule has 152 valence electrons. The lowest BCUT2D eigenvalue weighted by Gasteiger charge is -2.36. The topological polar surface area (TPSA) is 66.6 Å². The standard InChI is InChI=1S/C23H33N3O2/c24-19-15-25(18-11-5-2-6-12-18)20-13-7-8-14-21(20)26(23(19)28)16-22(27)17-9-3-1-4-10-17/h7-8,13-14,17-19H,1-6,9-12,15-16,24H2. The number of amides is 1. The van der Waals surface area contributed by atoms with Gasteiger partial charge in [-0.1, -0.05) is 50.7 Å². The Morgan fingerprint density at radius 3 is 2.21 bits per heavy atom. The minimum absolute atomic E-state index is 0.0997. The normalized spacial score (nSPS) is 24.8. The van der Waals surface area contributed by atoms with Gasteiger partial charge in [-0.2, -0.15) is 0 Å². The Bertz CT molecular complexity index is 708. The zero-order valence-electron chi connectivity index (χ0n) is 16.8. The molecule has 2 fully saturated rings. The Morgan fingerprint density at radius 1 is 0.929 bits per heavy atom. The summed E-state index contributed by atoms with van der Waals surface area (Å²) in [5.41, 5.74) is 8.27. The molecular formula is C23H33N3O2. The number of benzene rings is 1. The molecule has 0 radical (unpaired) electrons. The predicted octanol–water partition coefficient (Wildman–Crippen LogP) is 3.65. The van der Waals surface area contributed by atoms with Crippen molar-refractivity contribution >= 4 is 23.1 Å². The predicted molar refractivity (Wildman–Crippen MR) is 113 cm³/mol. The fourth-order valence-corrected chi connectivity index (χ4v) is 5.25. The number of Topliss-reactive ketones (excluding diaryl/α,β-unsaturated/α-hetero) is 1. The van der Waals surface area contributed by atoms with Crippen LogP contribution in [0.5, 0.6) is 0 Å². The molecule has 0 saturated heterocycles. The number of carbonyl (C=O) groups is 2. The third-order valence-corrected chi connectivity index (χ3v) is 6.85. The molecule has 3 aliphatic rings. The van der Waals surface area contributed by atoms with Crippen LogP contribution in [0.1, 0.15) is 64.2 Å². The fraction of sp³-hybridized carbons (Fsp3) is 0.652. The van der Waals surface area contributed by atoms with E-state index in [1.165, 1.54) is 25.7 Å². The van der Waals surface area contributed by atoms with Crippen molar-refractivity contribution < 1.29 is 9.59 Å². The molecule has 2 saturated carbocycles. The van der Waals surface area contributed by atoms with Crippen molar-refractivity contribution in [1.82, 2.24) is 0 Å². The minimum Gasteiger partial charge on any atom is -0.365 e. The molecule has 5 nitrogen and oxygen atoms in total. The quantitative estimate of drug-likeness (QED) is 0.862. The average molecular weight is 384 g/mol. The van der Waals surface area contributed by atoms with Gasteiger partial charge in [-0.3, -0.25) is 9.59 Å². The van der Waals surface area contributed by atoms with Crippen LogP contribution < -0.4 is 15.5 Å². The second-order valence-electron chi connectivity index (χ2n) is 8.77. The van der Waals surface area contributed by atoms with Crippen LogP contribution in [0.25, 0.3) is 0 Å². The zero-order chi connectivity index (χ0) is 19.5. The van der Waals surface area contributed by atoms with Gasteiger partial charge in [0.25, 0.3) is 0 Å². The molecule has 5 heteroatoms. The number of anilines is 2. The van der Waals surface area contributed by atoms with Crippen molar-refractivity contribution in [3.05, 3.63) is 24.3 Å². The van der Waals surface area contributed by atoms with Crippen LogP contribution in [0.2, 0.25) is 0 Å². The molecule has 1 heterocycles. The summed E-state index contributed by atoms with van der Waals surface area (Å²) in [5.74, 6) is 0.179. The van der Waals surface area contributed by atoms with Gasteiger partial charge in [0.15, 0.2) is 5.78 Å². The molecule has 2 aliphatic carbocycles. The van der Waals surface area contributed by atoms with Crippen LogP contribution in [-0.2, 0) is 9.59 Å². The molecule has 0 spiro atoms. The van der Waals surface area contributed by atoms with Gasteiger partial charge in [-0.05, 0) is 37.8 Å². The van der Waals surface area contributed by atoms with Gasteiger partial charge in [0.2, 0.25) is 5.91 Å². The van der Waals surface area contributed by atoms with Crippen LogP contribution in [0.4, 0.5) is 11.4 Å². The molecule has 28 heavy (non-hydrogen) atoms. The third kappa shape index (κ3) is 3.95. The van der Waals surface area contributed by atoms with Gasteiger partial charge in [0.1, 0.15) is 6.04 Å². The Kier molecular flexibility index (Phi) is 6.00. The first-order chi connectivity index (χ1) is 13.6. The number of nitrogens with zero attached hydrogens (tertiary/aromatic N) is 2. The van der Waals surface area contributed by atoms with Crippen molar-refractivity contribution in [2.75, 3.05) is 22.9 Å². The molecule has 1 aliphatic heterocycles. The van der Waals surface area contributed by atoms with Gasteiger partial charge >= 0.3 is 0 Å². The highest BCUT2D eigenvalue weighted by Crippen LogP contribution is 2.37. The van der Waals surface area contributed by atoms with Crippen LogP contribution >= 0.6 is 0 Å². The summed E-state index contributed by atoms with van der Waals surface area (Å²) < 4.78 is 0. The van der Waals surface area contributed by atoms with Gasteiger partial charge in [0, 0.05) is 18.5 Å². The molecule has 2 N–H and O–H groups in total. The highest BCUT2D eigenvalue weighted by atomic mass is 16.2. The van der Waals surface area contributed by atoms with E-state index < -0.39 is 6.04 Å². The summed E-state index contributed by atoms with van der Waals surface area (Å²) in [6, 6.07) is 7.90. The lowest BCUT2D eigenvalue weighted by molar-refractivity contribution is -0.125. The van der Waals surface area contributed by atoms with E-state index in [-0.39, 0.29) is 24.2 Å². The van der Waals surface area contributed by atoms with Crippen LogP contribution in [0.15, 0.2) is 24.3 Å². The molecular weight excluding hydrogens is 350 g/mol. The summed E-state index contributed by atoms with van der Waals surface area (Å²) in [4.78, 5) is 30.2. The molecule has 4 rings (SSSR count). The number of rotatable bonds is 4. The first kappa shape index (κ1) is 19.4. The number of carbonyl (C=O) groups excluding carboxylic acids is 2. The van der Waals surface area contributed by atoms with Crippen molar-refractivity contribution in [2.45, 2.75) is 76.3 Å². The second-order valence-corrected chi connectivity index (χ2v) is 8.77. The largest absolute Gasteiger partial charge is 0.365 e. The monoisotopic (exact) mass is 383 g/mol. The van der Waals surface area contributed by atoms with Gasteiger partial charge < -0.3 is 15.5 Å². The summed E-state index contributed by atoms with van der Waals surface area (Å²) in [7, 11) is 0. The molecule has 1 aromatic carbocycles. The molecule has 0 aromatic heterocycles. The fourth-order valence-electron chi connectivity index (χ4n) is 5.25. The Morgan fingerprint density at radius 2 is 1.54 bits per heavy atom. The molecule has 0 bridgehead atoms. The summed E-state index contributed by atoms with van der Waals surface area (Å²) in [6.45, 7) is 0.696. The van der Waals surface area contributed by atoms with Gasteiger partial charge in [0.05, 0.1) is 17.9 Å². The van der Waals surface area contributed by atoms with E-state index in [1.54, 1.807) is 4.90 Å². The van der Waals surface area contributed by atoms with E-state index in [2.05, 4.69) is 11.0 Å². The van der Waals surface area contributed by atoms with Gasteiger partial charge in [-0.25, -0.2) is 0 Å². The Hall–Kier alpha value is -1.88. The van der Waals surface area contributed by atoms with E-state index in [4.69, 9.17) is 5.73 Å². The summed E-state index contributed by atoms with van der Waals surface area (Å²) in [6.07, 6.45) is 11.4. The Balaban J connectivity index is 1.62. The van der Waals surface area contributed by atoms with Crippen LogP contribution in [0, 0.1) is 5.92 Å². The number of hydrogen-bond donors (Lipinski definition) is 1. The number of ketones is 1. The number of para-hydroxylation sites is 2. The lowest BCUT2D eigenvalue weighted by atomic mass is 9.86. The summed E-state index contributed by atoms with van der Waals surface area (Å²) >= 11 is 0. The summed E-state index contributed by atoms with van der Waals surface area (Å²) in [5, 5.41) is 0. The SMILES string of the molecule is NC1CN(C2CCCCC2)c2ccccc2N(CC(=O)C2CCCCC2)C1=O. The average Bonchev–Trinajstić information content (AvgIpc) is 2.85. The van der Waals surface area contributed by atoms with Crippen molar-refractivity contribution in [1.29, 1.82) is 0 Å². The highest BCUT2D eigenvalue weighted by molar-refractivity contribution is 6.05. The van der Waals surface area contributed by atoms with Crippen LogP contribution in [0.3, 0.4) is 0 Å². The third-order valence-electron chi connectivity index (χ3n) is 6.85. The van der Waals surface area contributed by atoms with Gasteiger partial charge in [-0.15, -0.1) is 0 Å². The van der Waals surface area contributed by atoms with Crippen molar-refractivity contribution in [2.24, 2.45) is 11.7 Å². The molecule has 1 atom stereocenters. The van der Waals surface area contributed by atoms with E-state index in [9.17, 15) is 9.59 Å². The second kappa shape index (κ2) is 8.64. The molecule has 1 unspecified atom stereocenters. The maximum atomic E-state index is 13.2. The van der Waals surface area contributed by atoms with Crippen molar-refractivity contribution in [3.8, 4) is 0 Å². The molecule has 1 amide bonds. The number of hydrogen-bond acceptors (Lipinski definition) is 4. The van der Waals surface area contributed by atoms with E-state index >= 15 is 0 Å². The zero-order valence-corrected chi connectivity index (χ0v) is 16.8. The Labute approximate surface area is 168 Å². The first-order valence-electron chi connectivity index (χ1n) is 11.1. The lowest BCUT2D eigenvalue weighted by Crippen LogP contribution is -2.50. The van der Waals surface area contributed by atoms with E-state index in [1.807, 2.05) is 18.2 Å². The van der Waals surface area contributed by atoms with E-state index in [0.29, 0.717) is 12.6 Å². The van der Waals surface area contributed by atoms with Crippen molar-refractivity contribution in [3.63, 3.8) is 0 Å². The maximum absolute atomic E-state index is 13.2. The smallest absolute Gasteiger partial charge is 0.246 e. The maximum Gasteiger partial charge on any atom is 0.246 e. The van der Waals surface area contributed by atoms with Crippen LogP contribution in [-0.4, -0.2) is 36.9 Å². The van der Waals surface area contributed by atoms with E-state index in [0.717, 1.165) is 49.9 Å². The first-order valence-corrected chi connectivity index (χ1v) is 11.1. The molecule has 1 aromatic rings. The minimum atomic E-state index is -0.589. The number of nitrogens with two attached hydrogens (primary N) is 1. The number of fused-ring (bicyclic) bond motifs is 1. The highest BCUT2D eigenvalue weighted by Gasteiger charge is 2.36.